The van der Waals surface area contributed by atoms with Gasteiger partial charge in [-0.05, 0) is 30.3 Å². The minimum Gasteiger partial charge on any atom is -0.301 e. The van der Waals surface area contributed by atoms with Gasteiger partial charge in [-0.1, -0.05) is 22.0 Å². The average molecular weight is 301 g/mol. The summed E-state index contributed by atoms with van der Waals surface area (Å²) in [5, 5.41) is 0.625. The molecule has 1 aromatic carbocycles. The molecule has 2 aromatic heterocycles. The number of aromatic nitrogens is 2. The fourth-order valence-electron chi connectivity index (χ4n) is 1.92. The van der Waals surface area contributed by atoms with E-state index < -0.39 is 0 Å². The molecule has 0 N–H and O–H groups in total. The number of pyridine rings is 2. The smallest absolute Gasteiger partial charge is 0.191 e. The maximum absolute atomic E-state index is 11.8. The summed E-state index contributed by atoms with van der Waals surface area (Å²) in [5.41, 5.74) is 1.63. The third-order valence-corrected chi connectivity index (χ3v) is 3.23. The lowest BCUT2D eigenvalue weighted by atomic mass is 10.2. The molecule has 0 aliphatic rings. The van der Waals surface area contributed by atoms with Crippen LogP contribution in [-0.4, -0.2) is 9.55 Å². The van der Waals surface area contributed by atoms with Crippen molar-refractivity contribution in [1.82, 2.24) is 9.55 Å². The first-order chi connectivity index (χ1) is 8.75. The van der Waals surface area contributed by atoms with E-state index in [4.69, 9.17) is 0 Å². The molecule has 0 unspecified atom stereocenters. The van der Waals surface area contributed by atoms with Gasteiger partial charge in [0, 0.05) is 28.6 Å². The number of benzene rings is 1. The summed E-state index contributed by atoms with van der Waals surface area (Å²) in [7, 11) is 0. The van der Waals surface area contributed by atoms with Gasteiger partial charge in [-0.2, -0.15) is 0 Å². The van der Waals surface area contributed by atoms with E-state index in [1.54, 1.807) is 30.6 Å². The van der Waals surface area contributed by atoms with E-state index in [2.05, 4.69) is 20.9 Å². The summed E-state index contributed by atoms with van der Waals surface area (Å²) < 4.78 is 2.89. The van der Waals surface area contributed by atoms with Gasteiger partial charge in [0.1, 0.15) is 5.65 Å². The molecule has 0 spiro atoms. The van der Waals surface area contributed by atoms with Crippen molar-refractivity contribution >= 4 is 27.0 Å². The lowest BCUT2D eigenvalue weighted by molar-refractivity contribution is 1.06. The zero-order valence-corrected chi connectivity index (χ0v) is 11.0. The van der Waals surface area contributed by atoms with Crippen molar-refractivity contribution in [3.8, 4) is 5.69 Å². The number of rotatable bonds is 1. The quantitative estimate of drug-likeness (QED) is 0.692. The molecular weight excluding hydrogens is 292 g/mol. The predicted octanol–water partition coefficient (Wildman–Crippen LogP) is 3.15. The Morgan fingerprint density at radius 1 is 1.11 bits per heavy atom. The summed E-state index contributed by atoms with van der Waals surface area (Å²) in [6.45, 7) is 0. The predicted molar refractivity (Wildman–Crippen MR) is 75.0 cm³/mol. The summed E-state index contributed by atoms with van der Waals surface area (Å²) >= 11 is 3.44. The van der Waals surface area contributed by atoms with Crippen LogP contribution in [0.25, 0.3) is 16.7 Å². The molecule has 4 heteroatoms. The molecule has 0 saturated heterocycles. The Balaban J connectivity index is 2.37. The van der Waals surface area contributed by atoms with Gasteiger partial charge in [-0.15, -0.1) is 0 Å². The molecule has 0 bridgehead atoms. The highest BCUT2D eigenvalue weighted by Crippen LogP contribution is 2.18. The van der Waals surface area contributed by atoms with E-state index in [0.29, 0.717) is 11.0 Å². The average Bonchev–Trinajstić information content (AvgIpc) is 2.39. The van der Waals surface area contributed by atoms with Crippen LogP contribution in [-0.2, 0) is 0 Å². The van der Waals surface area contributed by atoms with Crippen molar-refractivity contribution in [3.05, 3.63) is 69.6 Å². The molecule has 3 aromatic rings. The van der Waals surface area contributed by atoms with Crippen molar-refractivity contribution in [2.24, 2.45) is 0 Å². The normalized spacial score (nSPS) is 10.7. The van der Waals surface area contributed by atoms with Crippen LogP contribution in [0.4, 0.5) is 0 Å². The Labute approximate surface area is 112 Å². The summed E-state index contributed by atoms with van der Waals surface area (Å²) in [6.07, 6.45) is 3.44. The topological polar surface area (TPSA) is 34.9 Å². The van der Waals surface area contributed by atoms with Gasteiger partial charge in [0.05, 0.1) is 5.39 Å². The standard InChI is InChI=1S/C14H9BrN2O/c15-10-3-1-4-11(9-10)17-8-6-13(18)12-5-2-7-16-14(12)17/h1-9H. The Kier molecular flexibility index (Phi) is 2.72. The van der Waals surface area contributed by atoms with E-state index >= 15 is 0 Å². The third kappa shape index (κ3) is 1.84. The molecule has 18 heavy (non-hydrogen) atoms. The van der Waals surface area contributed by atoms with Crippen LogP contribution in [0.5, 0.6) is 0 Å². The Morgan fingerprint density at radius 3 is 2.83 bits per heavy atom. The summed E-state index contributed by atoms with van der Waals surface area (Å²) in [5.74, 6) is 0. The maximum Gasteiger partial charge on any atom is 0.191 e. The van der Waals surface area contributed by atoms with Gasteiger partial charge >= 0.3 is 0 Å². The van der Waals surface area contributed by atoms with Crippen LogP contribution in [0.2, 0.25) is 0 Å². The number of hydrogen-bond donors (Lipinski definition) is 0. The van der Waals surface area contributed by atoms with Gasteiger partial charge in [-0.25, -0.2) is 4.98 Å². The van der Waals surface area contributed by atoms with Gasteiger partial charge < -0.3 is 4.57 Å². The van der Waals surface area contributed by atoms with Crippen molar-refractivity contribution in [1.29, 1.82) is 0 Å². The van der Waals surface area contributed by atoms with E-state index in [9.17, 15) is 4.79 Å². The third-order valence-electron chi connectivity index (χ3n) is 2.74. The van der Waals surface area contributed by atoms with Crippen molar-refractivity contribution in [3.63, 3.8) is 0 Å². The first-order valence-electron chi connectivity index (χ1n) is 5.48. The van der Waals surface area contributed by atoms with Crippen molar-refractivity contribution in [2.75, 3.05) is 0 Å². The second-order valence-electron chi connectivity index (χ2n) is 3.90. The fraction of sp³-hybridized carbons (Fsp3) is 0. The molecule has 0 amide bonds. The Bertz CT molecular complexity index is 780. The van der Waals surface area contributed by atoms with Crippen LogP contribution in [0.15, 0.2) is 64.1 Å². The summed E-state index contributed by atoms with van der Waals surface area (Å²) in [6, 6.07) is 13.0. The molecule has 0 aliphatic carbocycles. The maximum atomic E-state index is 11.8. The molecule has 3 rings (SSSR count). The SMILES string of the molecule is O=c1ccn(-c2cccc(Br)c2)c2ncccc12. The monoisotopic (exact) mass is 300 g/mol. The molecular formula is C14H9BrN2O. The molecule has 0 saturated carbocycles. The highest BCUT2D eigenvalue weighted by Gasteiger charge is 2.05. The Hall–Kier alpha value is -1.94. The van der Waals surface area contributed by atoms with Gasteiger partial charge in [0.25, 0.3) is 0 Å². The molecule has 0 aliphatic heterocycles. The van der Waals surface area contributed by atoms with Gasteiger partial charge in [0.2, 0.25) is 0 Å². The van der Waals surface area contributed by atoms with Crippen LogP contribution < -0.4 is 5.43 Å². The number of nitrogens with zero attached hydrogens (tertiary/aromatic N) is 2. The molecule has 2 heterocycles. The number of hydrogen-bond acceptors (Lipinski definition) is 2. The molecule has 88 valence electrons. The second kappa shape index (κ2) is 4.38. The van der Waals surface area contributed by atoms with E-state index in [-0.39, 0.29) is 5.43 Å². The van der Waals surface area contributed by atoms with Crippen LogP contribution in [0.1, 0.15) is 0 Å². The highest BCUT2D eigenvalue weighted by atomic mass is 79.9. The van der Waals surface area contributed by atoms with E-state index in [1.165, 1.54) is 0 Å². The first kappa shape index (κ1) is 11.2. The Morgan fingerprint density at radius 2 is 2.00 bits per heavy atom. The molecule has 0 radical (unpaired) electrons. The largest absolute Gasteiger partial charge is 0.301 e. The summed E-state index contributed by atoms with van der Waals surface area (Å²) in [4.78, 5) is 16.1. The van der Waals surface area contributed by atoms with Gasteiger partial charge in [-0.3, -0.25) is 4.79 Å². The van der Waals surface area contributed by atoms with E-state index in [0.717, 1.165) is 10.2 Å². The van der Waals surface area contributed by atoms with Gasteiger partial charge in [0.15, 0.2) is 5.43 Å². The zero-order chi connectivity index (χ0) is 12.5. The van der Waals surface area contributed by atoms with Crippen molar-refractivity contribution in [2.45, 2.75) is 0 Å². The van der Waals surface area contributed by atoms with Crippen LogP contribution in [0.3, 0.4) is 0 Å². The number of halogens is 1. The minimum atomic E-state index is -0.00986. The minimum absolute atomic E-state index is 0.00986. The van der Waals surface area contributed by atoms with E-state index in [1.807, 2.05) is 28.8 Å². The second-order valence-corrected chi connectivity index (χ2v) is 4.82. The first-order valence-corrected chi connectivity index (χ1v) is 6.27. The van der Waals surface area contributed by atoms with Crippen molar-refractivity contribution < 1.29 is 0 Å². The lowest BCUT2D eigenvalue weighted by Gasteiger charge is -2.09. The zero-order valence-electron chi connectivity index (χ0n) is 9.38. The lowest BCUT2D eigenvalue weighted by Crippen LogP contribution is -2.07. The molecule has 3 nitrogen and oxygen atoms in total. The molecule has 0 atom stereocenters. The fourth-order valence-corrected chi connectivity index (χ4v) is 2.31. The van der Waals surface area contributed by atoms with Crippen LogP contribution >= 0.6 is 15.9 Å². The molecule has 0 fully saturated rings. The highest BCUT2D eigenvalue weighted by molar-refractivity contribution is 9.10. The van der Waals surface area contributed by atoms with Crippen LogP contribution in [0, 0.1) is 0 Å². The number of fused-ring (bicyclic) bond motifs is 1.